The summed E-state index contributed by atoms with van der Waals surface area (Å²) in [5.41, 5.74) is 8.09. The van der Waals surface area contributed by atoms with Gasteiger partial charge in [-0.1, -0.05) is 24.3 Å². The maximum Gasteiger partial charge on any atom is 0.216 e. The second-order valence-electron chi connectivity index (χ2n) is 3.54. The third-order valence-electron chi connectivity index (χ3n) is 2.30. The Balaban J connectivity index is 2.55. The molecule has 3 N–H and O–H groups in total. The molecule has 1 rings (SSSR count). The summed E-state index contributed by atoms with van der Waals surface area (Å²) in [6.07, 6.45) is 1.77. The lowest BCUT2D eigenvalue weighted by molar-refractivity contribution is -0.118. The number of nitrogens with two attached hydrogens (primary N) is 1. The lowest BCUT2D eigenvalue weighted by Crippen LogP contribution is -2.22. The van der Waals surface area contributed by atoms with Crippen molar-refractivity contribution in [3.05, 3.63) is 35.4 Å². The van der Waals surface area contributed by atoms with Crippen molar-refractivity contribution in [1.29, 1.82) is 0 Å². The number of hydrogen-bond donors (Lipinski definition) is 2. The summed E-state index contributed by atoms with van der Waals surface area (Å²) < 4.78 is 0. The highest BCUT2D eigenvalue weighted by molar-refractivity contribution is 5.72. The third kappa shape index (κ3) is 4.13. The third-order valence-corrected chi connectivity index (χ3v) is 2.30. The zero-order valence-corrected chi connectivity index (χ0v) is 9.12. The van der Waals surface area contributed by atoms with Gasteiger partial charge in [0.2, 0.25) is 5.91 Å². The molecule has 0 aromatic heterocycles. The van der Waals surface area contributed by atoms with Gasteiger partial charge < -0.3 is 11.1 Å². The van der Waals surface area contributed by atoms with Crippen LogP contribution in [0.1, 0.15) is 18.1 Å². The zero-order valence-electron chi connectivity index (χ0n) is 9.12. The Labute approximate surface area is 90.7 Å². The van der Waals surface area contributed by atoms with Gasteiger partial charge in [0, 0.05) is 13.5 Å². The van der Waals surface area contributed by atoms with Crippen molar-refractivity contribution in [3.8, 4) is 0 Å². The van der Waals surface area contributed by atoms with Crippen LogP contribution in [0.2, 0.25) is 0 Å². The molecule has 0 unspecified atom stereocenters. The van der Waals surface area contributed by atoms with E-state index >= 15 is 0 Å². The molecule has 0 heterocycles. The molecule has 1 aromatic carbocycles. The van der Waals surface area contributed by atoms with E-state index in [0.29, 0.717) is 13.1 Å². The van der Waals surface area contributed by atoms with Crippen molar-refractivity contribution in [2.75, 3.05) is 13.1 Å². The highest BCUT2D eigenvalue weighted by Gasteiger charge is 2.00. The predicted molar refractivity (Wildman–Crippen MR) is 61.6 cm³/mol. The Bertz CT molecular complexity index is 323. The van der Waals surface area contributed by atoms with E-state index in [2.05, 4.69) is 17.4 Å². The van der Waals surface area contributed by atoms with Crippen LogP contribution >= 0.6 is 0 Å². The Morgan fingerprint density at radius 1 is 1.27 bits per heavy atom. The molecule has 3 nitrogen and oxygen atoms in total. The quantitative estimate of drug-likeness (QED) is 0.751. The average molecular weight is 206 g/mol. The topological polar surface area (TPSA) is 55.1 Å². The number of carbonyl (C=O) groups is 1. The largest absolute Gasteiger partial charge is 0.356 e. The van der Waals surface area contributed by atoms with Crippen LogP contribution in [0.15, 0.2) is 24.3 Å². The fraction of sp³-hybridized carbons (Fsp3) is 0.417. The molecule has 0 fully saturated rings. The van der Waals surface area contributed by atoms with E-state index in [1.807, 2.05) is 12.1 Å². The van der Waals surface area contributed by atoms with E-state index in [4.69, 9.17) is 5.73 Å². The van der Waals surface area contributed by atoms with Crippen LogP contribution in [0.4, 0.5) is 0 Å². The monoisotopic (exact) mass is 206 g/mol. The second-order valence-corrected chi connectivity index (χ2v) is 3.54. The SMILES string of the molecule is CC(=O)NCCc1ccccc1CCN. The first kappa shape index (κ1) is 11.7. The molecule has 0 spiro atoms. The van der Waals surface area contributed by atoms with E-state index in [1.54, 1.807) is 0 Å². The van der Waals surface area contributed by atoms with Crippen LogP contribution in [-0.4, -0.2) is 19.0 Å². The molecule has 0 radical (unpaired) electrons. The maximum atomic E-state index is 10.7. The van der Waals surface area contributed by atoms with Crippen molar-refractivity contribution >= 4 is 5.91 Å². The fourth-order valence-corrected chi connectivity index (χ4v) is 1.57. The highest BCUT2D eigenvalue weighted by Crippen LogP contribution is 2.09. The molecule has 0 saturated carbocycles. The molecule has 0 aliphatic rings. The van der Waals surface area contributed by atoms with Gasteiger partial charge >= 0.3 is 0 Å². The summed E-state index contributed by atoms with van der Waals surface area (Å²) >= 11 is 0. The molecule has 0 saturated heterocycles. The van der Waals surface area contributed by atoms with Gasteiger partial charge in [0.1, 0.15) is 0 Å². The molecule has 15 heavy (non-hydrogen) atoms. The van der Waals surface area contributed by atoms with Crippen LogP contribution in [0, 0.1) is 0 Å². The molecule has 0 bridgehead atoms. The van der Waals surface area contributed by atoms with Gasteiger partial charge in [-0.25, -0.2) is 0 Å². The Morgan fingerprint density at radius 2 is 1.87 bits per heavy atom. The first-order valence-electron chi connectivity index (χ1n) is 5.25. The van der Waals surface area contributed by atoms with Crippen LogP contribution in [-0.2, 0) is 17.6 Å². The molecule has 1 aromatic rings. The molecular formula is C12H18N2O. The average Bonchev–Trinajstić information content (AvgIpc) is 2.20. The number of carbonyl (C=O) groups excluding carboxylic acids is 1. The Kier molecular flexibility index (Phi) is 4.84. The van der Waals surface area contributed by atoms with Gasteiger partial charge in [0.05, 0.1) is 0 Å². The highest BCUT2D eigenvalue weighted by atomic mass is 16.1. The van der Waals surface area contributed by atoms with E-state index in [9.17, 15) is 4.79 Å². The maximum absolute atomic E-state index is 10.7. The Morgan fingerprint density at radius 3 is 2.40 bits per heavy atom. The molecule has 0 aliphatic carbocycles. The minimum absolute atomic E-state index is 0.0197. The summed E-state index contributed by atoms with van der Waals surface area (Å²) in [5.74, 6) is 0.0197. The summed E-state index contributed by atoms with van der Waals surface area (Å²) in [7, 11) is 0. The van der Waals surface area contributed by atoms with Gasteiger partial charge in [-0.05, 0) is 30.5 Å². The van der Waals surface area contributed by atoms with E-state index < -0.39 is 0 Å². The molecular weight excluding hydrogens is 188 g/mol. The van der Waals surface area contributed by atoms with Gasteiger partial charge in [-0.2, -0.15) is 0 Å². The van der Waals surface area contributed by atoms with E-state index in [1.165, 1.54) is 18.1 Å². The summed E-state index contributed by atoms with van der Waals surface area (Å²) in [5, 5.41) is 2.79. The summed E-state index contributed by atoms with van der Waals surface area (Å²) in [6, 6.07) is 8.22. The lowest BCUT2D eigenvalue weighted by Gasteiger charge is -2.08. The Hall–Kier alpha value is -1.35. The van der Waals surface area contributed by atoms with Crippen LogP contribution in [0.25, 0.3) is 0 Å². The van der Waals surface area contributed by atoms with Gasteiger partial charge in [0.15, 0.2) is 0 Å². The van der Waals surface area contributed by atoms with Crippen molar-refractivity contribution in [2.24, 2.45) is 5.73 Å². The normalized spacial score (nSPS) is 10.0. The first-order chi connectivity index (χ1) is 7.24. The minimum Gasteiger partial charge on any atom is -0.356 e. The summed E-state index contributed by atoms with van der Waals surface area (Å²) in [4.78, 5) is 10.7. The van der Waals surface area contributed by atoms with Gasteiger partial charge in [-0.3, -0.25) is 4.79 Å². The molecule has 1 amide bonds. The van der Waals surface area contributed by atoms with E-state index in [0.717, 1.165) is 12.8 Å². The van der Waals surface area contributed by atoms with Crippen LogP contribution in [0.5, 0.6) is 0 Å². The number of amides is 1. The standard InChI is InChI=1S/C12H18N2O/c1-10(15)14-9-7-12-5-3-2-4-11(12)6-8-13/h2-5H,6-9,13H2,1H3,(H,14,15). The molecule has 0 atom stereocenters. The van der Waals surface area contributed by atoms with E-state index in [-0.39, 0.29) is 5.91 Å². The number of benzene rings is 1. The van der Waals surface area contributed by atoms with Crippen molar-refractivity contribution in [2.45, 2.75) is 19.8 Å². The molecule has 0 aliphatic heterocycles. The number of nitrogens with one attached hydrogen (secondary N) is 1. The van der Waals surface area contributed by atoms with Crippen molar-refractivity contribution in [3.63, 3.8) is 0 Å². The molecule has 82 valence electrons. The first-order valence-corrected chi connectivity index (χ1v) is 5.25. The summed E-state index contributed by atoms with van der Waals surface area (Å²) in [6.45, 7) is 2.89. The van der Waals surface area contributed by atoms with Gasteiger partial charge in [-0.15, -0.1) is 0 Å². The molecule has 3 heteroatoms. The van der Waals surface area contributed by atoms with Gasteiger partial charge in [0.25, 0.3) is 0 Å². The zero-order chi connectivity index (χ0) is 11.1. The smallest absolute Gasteiger partial charge is 0.216 e. The lowest BCUT2D eigenvalue weighted by atomic mass is 10.0. The number of hydrogen-bond acceptors (Lipinski definition) is 2. The van der Waals surface area contributed by atoms with Crippen LogP contribution < -0.4 is 11.1 Å². The minimum atomic E-state index is 0.0197. The number of rotatable bonds is 5. The van der Waals surface area contributed by atoms with Crippen molar-refractivity contribution in [1.82, 2.24) is 5.32 Å². The fourth-order valence-electron chi connectivity index (χ4n) is 1.57. The second kappa shape index (κ2) is 6.19. The van der Waals surface area contributed by atoms with Crippen LogP contribution in [0.3, 0.4) is 0 Å². The predicted octanol–water partition coefficient (Wildman–Crippen LogP) is 0.866. The van der Waals surface area contributed by atoms with Crippen molar-refractivity contribution < 1.29 is 4.79 Å².